The molecule has 3 heteroatoms. The lowest BCUT2D eigenvalue weighted by Crippen LogP contribution is -2.16. The molecule has 1 heterocycles. The number of aryl methyl sites for hydroxylation is 3. The van der Waals surface area contributed by atoms with Crippen LogP contribution in [0.2, 0.25) is 0 Å². The van der Waals surface area contributed by atoms with E-state index in [0.29, 0.717) is 0 Å². The van der Waals surface area contributed by atoms with Crippen LogP contribution >= 0.6 is 7.05 Å². The van der Waals surface area contributed by atoms with Crippen LogP contribution in [0.25, 0.3) is 21.9 Å². The van der Waals surface area contributed by atoms with Gasteiger partial charge in [-0.05, 0) is 56.0 Å². The predicted octanol–water partition coefficient (Wildman–Crippen LogP) is 7.62. The van der Waals surface area contributed by atoms with E-state index in [0.717, 1.165) is 27.6 Å². The number of para-hydroxylation sites is 2. The summed E-state index contributed by atoms with van der Waals surface area (Å²) in [5.74, 6) is 0. The van der Waals surface area contributed by atoms with E-state index in [4.69, 9.17) is 9.16 Å². The highest BCUT2D eigenvalue weighted by Gasteiger charge is 2.25. The molecule has 154 valence electrons. The van der Waals surface area contributed by atoms with Gasteiger partial charge in [-0.1, -0.05) is 78.4 Å². The van der Waals surface area contributed by atoms with Gasteiger partial charge in [0.1, 0.15) is 11.2 Å². The van der Waals surface area contributed by atoms with Crippen LogP contribution in [0.5, 0.6) is 0 Å². The summed E-state index contributed by atoms with van der Waals surface area (Å²) in [4.78, 5) is 0. The average molecular weight is 423 g/mol. The largest absolute Gasteiger partial charge is 0.455 e. The van der Waals surface area contributed by atoms with Crippen molar-refractivity contribution in [2.45, 2.75) is 20.8 Å². The number of hydrogen-bond donors (Lipinski definition) is 0. The summed E-state index contributed by atoms with van der Waals surface area (Å²) < 4.78 is 12.0. The fraction of sp³-hybridized carbons (Fsp3) is 0.143. The first kappa shape index (κ1) is 19.8. The van der Waals surface area contributed by atoms with Crippen molar-refractivity contribution in [1.82, 2.24) is 0 Å². The number of benzene rings is 4. The van der Waals surface area contributed by atoms with E-state index >= 15 is 0 Å². The minimum atomic E-state index is -2.13. The summed E-state index contributed by atoms with van der Waals surface area (Å²) >= 11 is 0. The van der Waals surface area contributed by atoms with Gasteiger partial charge >= 0.3 is 0 Å². The number of furan rings is 1. The average Bonchev–Trinajstić information content (AvgIpc) is 3.15. The zero-order valence-corrected chi connectivity index (χ0v) is 19.3. The number of rotatable bonds is 3. The van der Waals surface area contributed by atoms with E-state index in [9.17, 15) is 0 Å². The first-order valence-corrected chi connectivity index (χ1v) is 12.8. The van der Waals surface area contributed by atoms with E-state index in [-0.39, 0.29) is 0 Å². The third-order valence-corrected chi connectivity index (χ3v) is 9.24. The number of nitrogens with zero attached hydrogens (tertiary/aromatic N) is 1. The van der Waals surface area contributed by atoms with Gasteiger partial charge in [0.25, 0.3) is 0 Å². The van der Waals surface area contributed by atoms with Crippen LogP contribution in [0.3, 0.4) is 0 Å². The molecule has 1 atom stereocenters. The number of fused-ring (bicyclic) bond motifs is 3. The molecule has 0 N–H and O–H groups in total. The second-order valence-corrected chi connectivity index (χ2v) is 11.5. The molecule has 0 saturated heterocycles. The Balaban J connectivity index is 1.90. The van der Waals surface area contributed by atoms with Crippen molar-refractivity contribution >= 4 is 45.3 Å². The van der Waals surface area contributed by atoms with Gasteiger partial charge < -0.3 is 4.42 Å². The Morgan fingerprint density at radius 2 is 1.35 bits per heavy atom. The molecule has 0 saturated carbocycles. The number of hydrogen-bond acceptors (Lipinski definition) is 2. The maximum absolute atomic E-state index is 6.44. The fourth-order valence-electron chi connectivity index (χ4n) is 4.57. The zero-order valence-electron chi connectivity index (χ0n) is 18.4. The highest BCUT2D eigenvalue weighted by Crippen LogP contribution is 2.50. The second-order valence-electron chi connectivity index (χ2n) is 8.39. The quantitative estimate of drug-likeness (QED) is 0.274. The van der Waals surface area contributed by atoms with Gasteiger partial charge in [-0.3, -0.25) is 4.74 Å². The van der Waals surface area contributed by atoms with E-state index in [1.54, 1.807) is 0 Å². The molecule has 0 fully saturated rings. The molecule has 0 aliphatic carbocycles. The van der Waals surface area contributed by atoms with Crippen LogP contribution in [-0.2, 0) is 0 Å². The van der Waals surface area contributed by atoms with Crippen molar-refractivity contribution < 1.29 is 4.42 Å². The Bertz CT molecular complexity index is 1450. The molecular formula is C28H26NOP. The lowest BCUT2D eigenvalue weighted by Gasteiger charge is -2.23. The first-order valence-electron chi connectivity index (χ1n) is 10.6. The van der Waals surface area contributed by atoms with Crippen molar-refractivity contribution in [3.63, 3.8) is 0 Å². The molecule has 5 aromatic rings. The second kappa shape index (κ2) is 7.55. The molecular weight excluding hydrogens is 397 g/mol. The Kier molecular flexibility index (Phi) is 4.84. The molecule has 1 aromatic heterocycles. The smallest absolute Gasteiger partial charge is 0.144 e. The standard InChI is InChI=1S/C28H26NOP/c1-19-17-20(2)27(21(3)18-19)29-31(4,22-11-6-5-7-12-22)26-16-10-14-24-23-13-8-9-15-25(23)30-28(24)26/h5-18H,1-4H3. The first-order chi connectivity index (χ1) is 15.0. The van der Waals surface area contributed by atoms with Gasteiger partial charge in [0, 0.05) is 23.1 Å². The fourth-order valence-corrected chi connectivity index (χ4v) is 7.48. The van der Waals surface area contributed by atoms with Crippen molar-refractivity contribution in [2.75, 3.05) is 6.66 Å². The Morgan fingerprint density at radius 1 is 0.710 bits per heavy atom. The van der Waals surface area contributed by atoms with Crippen molar-refractivity contribution in [3.8, 4) is 0 Å². The van der Waals surface area contributed by atoms with Gasteiger partial charge in [-0.2, -0.15) is 0 Å². The maximum Gasteiger partial charge on any atom is 0.144 e. The molecule has 0 radical (unpaired) electrons. The van der Waals surface area contributed by atoms with E-state index < -0.39 is 7.05 Å². The van der Waals surface area contributed by atoms with E-state index in [2.05, 4.69) is 100 Å². The minimum absolute atomic E-state index is 0.923. The van der Waals surface area contributed by atoms with Gasteiger partial charge in [-0.15, -0.1) is 0 Å². The van der Waals surface area contributed by atoms with E-state index in [1.807, 2.05) is 12.1 Å². The van der Waals surface area contributed by atoms with Gasteiger partial charge in [-0.25, -0.2) is 0 Å². The highest BCUT2D eigenvalue weighted by molar-refractivity contribution is 7.80. The molecule has 4 aromatic carbocycles. The van der Waals surface area contributed by atoms with Crippen LogP contribution in [0, 0.1) is 20.8 Å². The summed E-state index contributed by atoms with van der Waals surface area (Å²) in [5.41, 5.74) is 6.68. The highest BCUT2D eigenvalue weighted by atomic mass is 31.2. The van der Waals surface area contributed by atoms with Gasteiger partial charge in [0.15, 0.2) is 0 Å². The lowest BCUT2D eigenvalue weighted by atomic mass is 10.1. The monoisotopic (exact) mass is 423 g/mol. The molecule has 31 heavy (non-hydrogen) atoms. The van der Waals surface area contributed by atoms with Crippen molar-refractivity contribution in [2.24, 2.45) is 4.74 Å². The molecule has 2 nitrogen and oxygen atoms in total. The zero-order chi connectivity index (χ0) is 21.6. The summed E-state index contributed by atoms with van der Waals surface area (Å²) in [5, 5.41) is 4.75. The summed E-state index contributed by atoms with van der Waals surface area (Å²) in [7, 11) is -2.13. The summed E-state index contributed by atoms with van der Waals surface area (Å²) in [6.07, 6.45) is 0. The van der Waals surface area contributed by atoms with Crippen LogP contribution in [0.1, 0.15) is 16.7 Å². The van der Waals surface area contributed by atoms with Crippen LogP contribution in [-0.4, -0.2) is 6.66 Å². The molecule has 0 spiro atoms. The summed E-state index contributed by atoms with van der Waals surface area (Å²) in [6.45, 7) is 8.78. The Morgan fingerprint density at radius 3 is 2.10 bits per heavy atom. The summed E-state index contributed by atoms with van der Waals surface area (Å²) in [6, 6.07) is 29.9. The third-order valence-electron chi connectivity index (χ3n) is 6.05. The van der Waals surface area contributed by atoms with Crippen LogP contribution in [0.4, 0.5) is 5.69 Å². The normalized spacial score (nSPS) is 13.4. The maximum atomic E-state index is 6.44. The molecule has 0 amide bonds. The topological polar surface area (TPSA) is 25.5 Å². The van der Waals surface area contributed by atoms with Crippen LogP contribution < -0.4 is 10.6 Å². The Hall–Kier alpha value is -3.09. The van der Waals surface area contributed by atoms with Crippen molar-refractivity contribution in [1.29, 1.82) is 0 Å². The van der Waals surface area contributed by atoms with Gasteiger partial charge in [0.05, 0.1) is 5.69 Å². The molecule has 5 rings (SSSR count). The molecule has 1 unspecified atom stereocenters. The Labute approximate surface area is 183 Å². The molecule has 0 bridgehead atoms. The van der Waals surface area contributed by atoms with E-state index in [1.165, 1.54) is 27.3 Å². The SMILES string of the molecule is Cc1cc(C)c(N=P(C)(c2ccccc2)c2cccc3c2oc2ccccc23)c(C)c1. The molecule has 0 aliphatic rings. The molecule has 0 aliphatic heterocycles. The lowest BCUT2D eigenvalue weighted by molar-refractivity contribution is 0.671. The van der Waals surface area contributed by atoms with Crippen molar-refractivity contribution in [3.05, 3.63) is 102 Å². The predicted molar refractivity (Wildman–Crippen MR) is 135 cm³/mol. The van der Waals surface area contributed by atoms with Gasteiger partial charge in [0.2, 0.25) is 0 Å². The third kappa shape index (κ3) is 3.32. The van der Waals surface area contributed by atoms with Crippen LogP contribution in [0.15, 0.2) is 94.1 Å². The minimum Gasteiger partial charge on any atom is -0.455 e.